The number of nitrogens with one attached hydrogen (secondary N) is 1. The molecule has 0 atom stereocenters. The average molecular weight is 359 g/mol. The molecule has 0 spiro atoms. The summed E-state index contributed by atoms with van der Waals surface area (Å²) >= 11 is 0. The third-order valence-electron chi connectivity index (χ3n) is 5.26. The van der Waals surface area contributed by atoms with Gasteiger partial charge in [0.25, 0.3) is 5.91 Å². The van der Waals surface area contributed by atoms with Crippen molar-refractivity contribution in [2.24, 2.45) is 0 Å². The zero-order valence-electron chi connectivity index (χ0n) is 15.4. The molecule has 1 N–H and O–H groups in total. The lowest BCUT2D eigenvalue weighted by atomic mass is 9.95. The van der Waals surface area contributed by atoms with E-state index < -0.39 is 0 Å². The molecular formula is C21H29NO4. The molecule has 26 heavy (non-hydrogen) atoms. The van der Waals surface area contributed by atoms with Crippen molar-refractivity contribution in [3.8, 4) is 5.75 Å². The average Bonchev–Trinajstić information content (AvgIpc) is 2.68. The van der Waals surface area contributed by atoms with E-state index in [2.05, 4.69) is 5.32 Å². The van der Waals surface area contributed by atoms with E-state index in [4.69, 9.17) is 9.47 Å². The SMILES string of the molecule is O=C(COc1ccc(C(=O)NC2CCCCC2)cc1)OC1CCCCC1. The largest absolute Gasteiger partial charge is 0.482 e. The second kappa shape index (κ2) is 9.60. The van der Waals surface area contributed by atoms with Crippen LogP contribution in [0.5, 0.6) is 5.75 Å². The van der Waals surface area contributed by atoms with Gasteiger partial charge in [0.05, 0.1) is 0 Å². The van der Waals surface area contributed by atoms with Crippen LogP contribution < -0.4 is 10.1 Å². The van der Waals surface area contributed by atoms with E-state index in [-0.39, 0.29) is 24.6 Å². The predicted molar refractivity (Wildman–Crippen MR) is 99.2 cm³/mol. The molecule has 0 bridgehead atoms. The molecule has 1 aromatic rings. The van der Waals surface area contributed by atoms with E-state index in [0.717, 1.165) is 38.5 Å². The lowest BCUT2D eigenvalue weighted by Gasteiger charge is -2.22. The minimum absolute atomic E-state index is 0.0415. The fraction of sp³-hybridized carbons (Fsp3) is 0.619. The lowest BCUT2D eigenvalue weighted by molar-refractivity contribution is -0.152. The fourth-order valence-corrected chi connectivity index (χ4v) is 3.76. The molecule has 0 aliphatic heterocycles. The summed E-state index contributed by atoms with van der Waals surface area (Å²) in [6.45, 7) is -0.0931. The Morgan fingerprint density at radius 1 is 0.885 bits per heavy atom. The molecule has 2 fully saturated rings. The number of benzene rings is 1. The summed E-state index contributed by atoms with van der Waals surface area (Å²) in [6.07, 6.45) is 11.2. The van der Waals surface area contributed by atoms with Gasteiger partial charge in [-0.3, -0.25) is 4.79 Å². The molecule has 0 unspecified atom stereocenters. The van der Waals surface area contributed by atoms with Gasteiger partial charge in [0.15, 0.2) is 6.61 Å². The van der Waals surface area contributed by atoms with Crippen molar-refractivity contribution in [2.45, 2.75) is 76.4 Å². The molecule has 142 valence electrons. The van der Waals surface area contributed by atoms with Crippen LogP contribution in [0.4, 0.5) is 0 Å². The second-order valence-corrected chi connectivity index (χ2v) is 7.37. The molecule has 5 nitrogen and oxygen atoms in total. The summed E-state index contributed by atoms with van der Waals surface area (Å²) in [7, 11) is 0. The first-order valence-electron chi connectivity index (χ1n) is 9.94. The molecule has 5 heteroatoms. The van der Waals surface area contributed by atoms with Gasteiger partial charge in [-0.25, -0.2) is 4.79 Å². The van der Waals surface area contributed by atoms with E-state index >= 15 is 0 Å². The van der Waals surface area contributed by atoms with Crippen LogP contribution in [0, 0.1) is 0 Å². The molecule has 1 aromatic carbocycles. The Morgan fingerprint density at radius 3 is 2.15 bits per heavy atom. The Kier molecular flexibility index (Phi) is 6.92. The fourth-order valence-electron chi connectivity index (χ4n) is 3.76. The Labute approximate surface area is 155 Å². The van der Waals surface area contributed by atoms with Crippen molar-refractivity contribution in [3.63, 3.8) is 0 Å². The number of rotatable bonds is 6. The van der Waals surface area contributed by atoms with Crippen LogP contribution >= 0.6 is 0 Å². The number of hydrogen-bond donors (Lipinski definition) is 1. The topological polar surface area (TPSA) is 64.6 Å². The van der Waals surface area contributed by atoms with Crippen LogP contribution in [0.3, 0.4) is 0 Å². The highest BCUT2D eigenvalue weighted by Crippen LogP contribution is 2.21. The maximum atomic E-state index is 12.3. The van der Waals surface area contributed by atoms with Crippen molar-refractivity contribution in [2.75, 3.05) is 6.61 Å². The first-order valence-corrected chi connectivity index (χ1v) is 9.94. The second-order valence-electron chi connectivity index (χ2n) is 7.37. The van der Waals surface area contributed by atoms with Gasteiger partial charge in [-0.1, -0.05) is 25.7 Å². The molecule has 0 aromatic heterocycles. The van der Waals surface area contributed by atoms with Crippen molar-refractivity contribution < 1.29 is 19.1 Å². The quantitative estimate of drug-likeness (QED) is 0.780. The summed E-state index contributed by atoms with van der Waals surface area (Å²) in [5.74, 6) is 0.205. The van der Waals surface area contributed by atoms with Gasteiger partial charge < -0.3 is 14.8 Å². The predicted octanol–water partition coefficient (Wildman–Crippen LogP) is 4.00. The van der Waals surface area contributed by atoms with E-state index in [1.54, 1.807) is 24.3 Å². The number of ether oxygens (including phenoxy) is 2. The summed E-state index contributed by atoms with van der Waals surface area (Å²) in [6, 6.07) is 7.22. The number of carbonyl (C=O) groups is 2. The molecule has 0 heterocycles. The molecular weight excluding hydrogens is 330 g/mol. The maximum Gasteiger partial charge on any atom is 0.344 e. The van der Waals surface area contributed by atoms with Crippen LogP contribution in [0.2, 0.25) is 0 Å². The van der Waals surface area contributed by atoms with Gasteiger partial charge in [-0.05, 0) is 62.8 Å². The van der Waals surface area contributed by atoms with Crippen LogP contribution in [-0.2, 0) is 9.53 Å². The third kappa shape index (κ3) is 5.75. The highest BCUT2D eigenvalue weighted by Gasteiger charge is 2.18. The monoisotopic (exact) mass is 359 g/mol. The maximum absolute atomic E-state index is 12.3. The van der Waals surface area contributed by atoms with Crippen molar-refractivity contribution >= 4 is 11.9 Å². The Bertz CT molecular complexity index is 587. The molecule has 2 aliphatic rings. The summed E-state index contributed by atoms with van der Waals surface area (Å²) in [5.41, 5.74) is 0.618. The Balaban J connectivity index is 1.41. The molecule has 1 amide bonds. The van der Waals surface area contributed by atoms with Crippen LogP contribution in [-0.4, -0.2) is 30.6 Å². The normalized spacial score (nSPS) is 18.9. The highest BCUT2D eigenvalue weighted by molar-refractivity contribution is 5.94. The van der Waals surface area contributed by atoms with Crippen molar-refractivity contribution in [1.82, 2.24) is 5.32 Å². The highest BCUT2D eigenvalue weighted by atomic mass is 16.6. The first-order chi connectivity index (χ1) is 12.7. The third-order valence-corrected chi connectivity index (χ3v) is 5.26. The lowest BCUT2D eigenvalue weighted by Crippen LogP contribution is -2.36. The zero-order valence-corrected chi connectivity index (χ0v) is 15.4. The number of hydrogen-bond acceptors (Lipinski definition) is 4. The molecule has 0 saturated heterocycles. The van der Waals surface area contributed by atoms with Gasteiger partial charge in [0.1, 0.15) is 11.9 Å². The Hall–Kier alpha value is -2.04. The van der Waals surface area contributed by atoms with Gasteiger partial charge in [-0.15, -0.1) is 0 Å². The van der Waals surface area contributed by atoms with Gasteiger partial charge in [-0.2, -0.15) is 0 Å². The van der Waals surface area contributed by atoms with Crippen LogP contribution in [0.1, 0.15) is 74.6 Å². The molecule has 2 aliphatic carbocycles. The van der Waals surface area contributed by atoms with E-state index in [1.165, 1.54) is 25.7 Å². The Morgan fingerprint density at radius 2 is 1.50 bits per heavy atom. The minimum Gasteiger partial charge on any atom is -0.482 e. The van der Waals surface area contributed by atoms with Crippen LogP contribution in [0.25, 0.3) is 0 Å². The summed E-state index contributed by atoms with van der Waals surface area (Å²) in [4.78, 5) is 24.2. The van der Waals surface area contributed by atoms with Crippen molar-refractivity contribution in [1.29, 1.82) is 0 Å². The molecule has 2 saturated carbocycles. The first kappa shape index (κ1) is 18.7. The summed E-state index contributed by atoms with van der Waals surface area (Å²) in [5, 5.41) is 3.10. The minimum atomic E-state index is -0.323. The van der Waals surface area contributed by atoms with Gasteiger partial charge in [0, 0.05) is 11.6 Å². The standard InChI is InChI=1S/C21H29NO4/c23-20(26-19-9-5-2-6-10-19)15-25-18-13-11-16(12-14-18)21(24)22-17-7-3-1-4-8-17/h11-14,17,19H,1-10,15H2,(H,22,24). The van der Waals surface area contributed by atoms with Crippen molar-refractivity contribution in [3.05, 3.63) is 29.8 Å². The number of esters is 1. The van der Waals surface area contributed by atoms with E-state index in [0.29, 0.717) is 17.4 Å². The number of carbonyl (C=O) groups excluding carboxylic acids is 2. The summed E-state index contributed by atoms with van der Waals surface area (Å²) < 4.78 is 10.9. The smallest absolute Gasteiger partial charge is 0.344 e. The van der Waals surface area contributed by atoms with Gasteiger partial charge >= 0.3 is 5.97 Å². The molecule has 3 rings (SSSR count). The van der Waals surface area contributed by atoms with E-state index in [1.807, 2.05) is 0 Å². The van der Waals surface area contributed by atoms with Crippen LogP contribution in [0.15, 0.2) is 24.3 Å². The molecule has 0 radical (unpaired) electrons. The zero-order chi connectivity index (χ0) is 18.2. The van der Waals surface area contributed by atoms with E-state index in [9.17, 15) is 9.59 Å². The van der Waals surface area contributed by atoms with Gasteiger partial charge in [0.2, 0.25) is 0 Å². The number of amides is 1.